The lowest BCUT2D eigenvalue weighted by atomic mass is 10.3. The monoisotopic (exact) mass is 366 g/mol. The van der Waals surface area contributed by atoms with E-state index >= 15 is 0 Å². The molecule has 8 heteroatoms. The van der Waals surface area contributed by atoms with Gasteiger partial charge in [0.05, 0.1) is 15.7 Å². The maximum absolute atomic E-state index is 6.10. The Morgan fingerprint density at radius 3 is 2.50 bits per heavy atom. The molecule has 0 bridgehead atoms. The summed E-state index contributed by atoms with van der Waals surface area (Å²) in [6.07, 6.45) is 0. The molecule has 0 amide bonds. The Labute approximate surface area is 127 Å². The second kappa shape index (κ2) is 5.48. The Hall–Kier alpha value is -0.750. The fraction of sp³-hybridized carbons (Fsp3) is 0. The molecule has 0 aliphatic carbocycles. The minimum Gasteiger partial charge on any atom is -0.368 e. The molecule has 1 aromatic heterocycles. The lowest BCUT2D eigenvalue weighted by molar-refractivity contribution is 1.18. The number of nitrogens with one attached hydrogen (secondary N) is 1. The molecule has 0 fully saturated rings. The van der Waals surface area contributed by atoms with Gasteiger partial charge in [-0.25, -0.2) is 4.98 Å². The van der Waals surface area contributed by atoms with Gasteiger partial charge in [0.15, 0.2) is 0 Å². The van der Waals surface area contributed by atoms with Crippen LogP contribution in [0.2, 0.25) is 15.2 Å². The molecule has 0 aliphatic heterocycles. The minimum absolute atomic E-state index is 0.0735. The van der Waals surface area contributed by atoms with E-state index in [-0.39, 0.29) is 11.1 Å². The molecular formula is C10H6BrCl3N4. The molecule has 0 unspecified atom stereocenters. The van der Waals surface area contributed by atoms with Gasteiger partial charge in [-0.3, -0.25) is 0 Å². The Balaban J connectivity index is 2.37. The third-order valence-corrected chi connectivity index (χ3v) is 3.97. The molecule has 0 radical (unpaired) electrons. The Morgan fingerprint density at radius 1 is 1.11 bits per heavy atom. The zero-order chi connectivity index (χ0) is 13.3. The van der Waals surface area contributed by atoms with Crippen LogP contribution in [0.1, 0.15) is 0 Å². The largest absolute Gasteiger partial charge is 0.368 e. The molecule has 3 N–H and O–H groups in total. The van der Waals surface area contributed by atoms with Gasteiger partial charge in [0.1, 0.15) is 11.0 Å². The first-order valence-corrected chi connectivity index (χ1v) is 6.60. The van der Waals surface area contributed by atoms with Crippen LogP contribution < -0.4 is 11.1 Å². The van der Waals surface area contributed by atoms with Gasteiger partial charge in [-0.1, -0.05) is 34.8 Å². The fourth-order valence-corrected chi connectivity index (χ4v) is 2.27. The molecule has 0 aliphatic rings. The predicted molar refractivity (Wildman–Crippen MR) is 78.9 cm³/mol. The molecular weight excluding hydrogens is 362 g/mol. The molecule has 4 nitrogen and oxygen atoms in total. The molecule has 2 rings (SSSR count). The van der Waals surface area contributed by atoms with Crippen LogP contribution in [0.4, 0.5) is 17.5 Å². The number of halogens is 4. The first-order valence-electron chi connectivity index (χ1n) is 4.68. The van der Waals surface area contributed by atoms with E-state index in [1.807, 2.05) is 0 Å². The fourth-order valence-electron chi connectivity index (χ4n) is 1.26. The van der Waals surface area contributed by atoms with Gasteiger partial charge in [0, 0.05) is 10.5 Å². The second-order valence-corrected chi connectivity index (χ2v) is 5.28. The van der Waals surface area contributed by atoms with E-state index in [0.29, 0.717) is 26.0 Å². The Bertz CT molecular complexity index is 586. The molecule has 18 heavy (non-hydrogen) atoms. The highest BCUT2D eigenvalue weighted by Crippen LogP contribution is 2.37. The normalized spacial score (nSPS) is 10.4. The van der Waals surface area contributed by atoms with Crippen molar-refractivity contribution in [2.24, 2.45) is 0 Å². The van der Waals surface area contributed by atoms with Crippen LogP contribution in [0.5, 0.6) is 0 Å². The van der Waals surface area contributed by atoms with Gasteiger partial charge in [-0.15, -0.1) is 0 Å². The number of nitrogen functional groups attached to an aromatic ring is 1. The highest BCUT2D eigenvalue weighted by atomic mass is 79.9. The van der Waals surface area contributed by atoms with E-state index in [0.717, 1.165) is 0 Å². The minimum atomic E-state index is 0.0735. The lowest BCUT2D eigenvalue weighted by Gasteiger charge is -2.10. The molecule has 2 aromatic rings. The van der Waals surface area contributed by atoms with Gasteiger partial charge >= 0.3 is 0 Å². The summed E-state index contributed by atoms with van der Waals surface area (Å²) >= 11 is 21.2. The van der Waals surface area contributed by atoms with Crippen molar-refractivity contribution in [3.8, 4) is 0 Å². The number of nitrogens with zero attached hydrogens (tertiary/aromatic N) is 2. The van der Waals surface area contributed by atoms with Crippen LogP contribution >= 0.6 is 50.7 Å². The maximum atomic E-state index is 6.10. The van der Waals surface area contributed by atoms with E-state index in [1.54, 1.807) is 12.1 Å². The van der Waals surface area contributed by atoms with Crippen LogP contribution in [-0.2, 0) is 0 Å². The maximum Gasteiger partial charge on any atom is 0.223 e. The summed E-state index contributed by atoms with van der Waals surface area (Å²) < 4.78 is 0.708. The second-order valence-electron chi connectivity index (χ2n) is 3.28. The van der Waals surface area contributed by atoms with Crippen LogP contribution in [-0.4, -0.2) is 9.97 Å². The summed E-state index contributed by atoms with van der Waals surface area (Å²) in [6.45, 7) is 0. The highest BCUT2D eigenvalue weighted by molar-refractivity contribution is 9.10. The number of anilines is 3. The summed E-state index contributed by atoms with van der Waals surface area (Å²) in [5.74, 6) is 0.511. The predicted octanol–water partition coefficient (Wildman–Crippen LogP) is 4.53. The van der Waals surface area contributed by atoms with Gasteiger partial charge in [-0.05, 0) is 28.1 Å². The number of rotatable bonds is 2. The van der Waals surface area contributed by atoms with Crippen LogP contribution in [0.25, 0.3) is 0 Å². The average Bonchev–Trinajstić information content (AvgIpc) is 2.29. The standard InChI is InChI=1S/C10H6BrCl3N4/c11-4-1-2-5(9(14)8(4)13)16-7-3-6(12)17-10(15)18-7/h1-3H,(H3,15,16,17,18). The summed E-state index contributed by atoms with van der Waals surface area (Å²) in [7, 11) is 0. The van der Waals surface area contributed by atoms with Crippen LogP contribution in [0, 0.1) is 0 Å². The number of nitrogens with two attached hydrogens (primary N) is 1. The van der Waals surface area contributed by atoms with Crippen LogP contribution in [0.3, 0.4) is 0 Å². The third kappa shape index (κ3) is 2.98. The van der Waals surface area contributed by atoms with Crippen molar-refractivity contribution in [1.29, 1.82) is 0 Å². The van der Waals surface area contributed by atoms with Crippen molar-refractivity contribution >= 4 is 68.2 Å². The quantitative estimate of drug-likeness (QED) is 0.604. The summed E-state index contributed by atoms with van der Waals surface area (Å²) in [5, 5.41) is 4.00. The SMILES string of the molecule is Nc1nc(Cl)cc(Nc2ccc(Br)c(Cl)c2Cl)n1. The van der Waals surface area contributed by atoms with E-state index in [4.69, 9.17) is 40.5 Å². The molecule has 0 atom stereocenters. The number of hydrogen-bond donors (Lipinski definition) is 2. The summed E-state index contributed by atoms with van der Waals surface area (Å²) in [4.78, 5) is 7.74. The molecule has 0 saturated heterocycles. The van der Waals surface area contributed by atoms with Gasteiger partial charge in [0.25, 0.3) is 0 Å². The first-order chi connectivity index (χ1) is 8.47. The topological polar surface area (TPSA) is 63.8 Å². The first kappa shape index (κ1) is 13.7. The van der Waals surface area contributed by atoms with Crippen molar-refractivity contribution in [2.75, 3.05) is 11.1 Å². The van der Waals surface area contributed by atoms with E-state index in [2.05, 4.69) is 31.2 Å². The number of hydrogen-bond acceptors (Lipinski definition) is 4. The average molecular weight is 368 g/mol. The summed E-state index contributed by atoms with van der Waals surface area (Å²) in [5.41, 5.74) is 6.09. The zero-order valence-corrected chi connectivity index (χ0v) is 12.6. The van der Waals surface area contributed by atoms with Crippen molar-refractivity contribution < 1.29 is 0 Å². The van der Waals surface area contributed by atoms with E-state index in [1.165, 1.54) is 6.07 Å². The third-order valence-electron chi connectivity index (χ3n) is 2.01. The van der Waals surface area contributed by atoms with Crippen LogP contribution in [0.15, 0.2) is 22.7 Å². The van der Waals surface area contributed by atoms with Gasteiger partial charge < -0.3 is 11.1 Å². The smallest absolute Gasteiger partial charge is 0.223 e. The summed E-state index contributed by atoms with van der Waals surface area (Å²) in [6, 6.07) is 5.05. The molecule has 0 spiro atoms. The van der Waals surface area contributed by atoms with Crippen molar-refractivity contribution in [2.45, 2.75) is 0 Å². The number of aromatic nitrogens is 2. The van der Waals surface area contributed by atoms with Gasteiger partial charge in [0.2, 0.25) is 5.95 Å². The molecule has 1 heterocycles. The van der Waals surface area contributed by atoms with Crippen molar-refractivity contribution in [3.05, 3.63) is 37.9 Å². The van der Waals surface area contributed by atoms with Crippen molar-refractivity contribution in [1.82, 2.24) is 9.97 Å². The highest BCUT2D eigenvalue weighted by Gasteiger charge is 2.09. The Morgan fingerprint density at radius 2 is 1.83 bits per heavy atom. The number of benzene rings is 1. The molecule has 94 valence electrons. The van der Waals surface area contributed by atoms with Gasteiger partial charge in [-0.2, -0.15) is 4.98 Å². The van der Waals surface area contributed by atoms with E-state index in [9.17, 15) is 0 Å². The molecule has 1 aromatic carbocycles. The van der Waals surface area contributed by atoms with E-state index < -0.39 is 0 Å². The zero-order valence-electron chi connectivity index (χ0n) is 8.72. The Kier molecular flexibility index (Phi) is 4.17. The molecule has 0 saturated carbocycles. The van der Waals surface area contributed by atoms with Crippen molar-refractivity contribution in [3.63, 3.8) is 0 Å². The lowest BCUT2D eigenvalue weighted by Crippen LogP contribution is -2.00.